The third-order valence-electron chi connectivity index (χ3n) is 3.39. The Bertz CT molecular complexity index is 728. The summed E-state index contributed by atoms with van der Waals surface area (Å²) in [5.74, 6) is 0.526. The maximum absolute atomic E-state index is 12.5. The second-order valence-electron chi connectivity index (χ2n) is 4.83. The van der Waals surface area contributed by atoms with Crippen molar-refractivity contribution in [3.63, 3.8) is 0 Å². The smallest absolute Gasteiger partial charge is 0.252 e. The highest BCUT2D eigenvalue weighted by atomic mass is 79.9. The number of sulfonamides is 1. The van der Waals surface area contributed by atoms with Crippen LogP contribution in [0.3, 0.4) is 0 Å². The van der Waals surface area contributed by atoms with E-state index in [2.05, 4.69) is 25.9 Å². The van der Waals surface area contributed by atoms with E-state index in [0.29, 0.717) is 36.0 Å². The SMILES string of the molecule is O=S(=O)(c1ccc(Br)s1)N1CCC(Oc2ccncn2)CC1. The fraction of sp³-hybridized carbons (Fsp3) is 0.385. The Morgan fingerprint density at radius 3 is 2.64 bits per heavy atom. The summed E-state index contributed by atoms with van der Waals surface area (Å²) < 4.78 is 33.5. The van der Waals surface area contributed by atoms with Crippen LogP contribution in [0.4, 0.5) is 0 Å². The topological polar surface area (TPSA) is 72.4 Å². The van der Waals surface area contributed by atoms with E-state index in [1.54, 1.807) is 24.4 Å². The van der Waals surface area contributed by atoms with Crippen LogP contribution in [0.2, 0.25) is 0 Å². The molecule has 0 saturated carbocycles. The van der Waals surface area contributed by atoms with Gasteiger partial charge in [-0.2, -0.15) is 4.31 Å². The number of ether oxygens (including phenoxy) is 1. The van der Waals surface area contributed by atoms with Gasteiger partial charge in [-0.3, -0.25) is 0 Å². The van der Waals surface area contributed by atoms with Gasteiger partial charge in [-0.15, -0.1) is 11.3 Å². The number of rotatable bonds is 4. The van der Waals surface area contributed by atoms with Gasteiger partial charge < -0.3 is 4.74 Å². The van der Waals surface area contributed by atoms with E-state index in [0.717, 1.165) is 3.79 Å². The van der Waals surface area contributed by atoms with Crippen LogP contribution in [-0.2, 0) is 10.0 Å². The van der Waals surface area contributed by atoms with E-state index in [1.165, 1.54) is 22.0 Å². The van der Waals surface area contributed by atoms with Gasteiger partial charge in [0.1, 0.15) is 16.6 Å². The quantitative estimate of drug-likeness (QED) is 0.783. The lowest BCUT2D eigenvalue weighted by molar-refractivity contribution is 0.130. The van der Waals surface area contributed by atoms with E-state index >= 15 is 0 Å². The molecule has 118 valence electrons. The minimum absolute atomic E-state index is 0.0172. The third-order valence-corrected chi connectivity index (χ3v) is 7.38. The van der Waals surface area contributed by atoms with E-state index in [4.69, 9.17) is 4.74 Å². The Hall–Kier alpha value is -1.03. The summed E-state index contributed by atoms with van der Waals surface area (Å²) in [5.41, 5.74) is 0. The van der Waals surface area contributed by atoms with E-state index < -0.39 is 10.0 Å². The Morgan fingerprint density at radius 1 is 1.27 bits per heavy atom. The first-order valence-electron chi connectivity index (χ1n) is 6.74. The molecule has 1 aliphatic rings. The first kappa shape index (κ1) is 15.9. The Kier molecular flexibility index (Phi) is 4.76. The van der Waals surface area contributed by atoms with Crippen LogP contribution in [0.25, 0.3) is 0 Å². The van der Waals surface area contributed by atoms with E-state index in [-0.39, 0.29) is 6.10 Å². The number of nitrogens with zero attached hydrogens (tertiary/aromatic N) is 3. The molecule has 0 atom stereocenters. The van der Waals surface area contributed by atoms with Crippen molar-refractivity contribution in [2.75, 3.05) is 13.1 Å². The van der Waals surface area contributed by atoms with Crippen molar-refractivity contribution in [3.05, 3.63) is 34.5 Å². The molecule has 2 aromatic rings. The minimum atomic E-state index is -3.40. The maximum atomic E-state index is 12.5. The third kappa shape index (κ3) is 3.48. The lowest BCUT2D eigenvalue weighted by Crippen LogP contribution is -2.41. The summed E-state index contributed by atoms with van der Waals surface area (Å²) in [4.78, 5) is 7.86. The van der Waals surface area contributed by atoms with Crippen molar-refractivity contribution in [1.29, 1.82) is 0 Å². The zero-order chi connectivity index (χ0) is 15.6. The number of hydrogen-bond acceptors (Lipinski definition) is 6. The van der Waals surface area contributed by atoms with Crippen LogP contribution in [0.15, 0.2) is 38.7 Å². The van der Waals surface area contributed by atoms with Crippen LogP contribution in [0.1, 0.15) is 12.8 Å². The van der Waals surface area contributed by atoms with Crippen molar-refractivity contribution in [2.45, 2.75) is 23.2 Å². The standard InChI is InChI=1S/C13H14BrN3O3S2/c14-11-1-2-13(21-11)22(18,19)17-7-4-10(5-8-17)20-12-3-6-15-9-16-12/h1-3,6,9-10H,4-5,7-8H2. The van der Waals surface area contributed by atoms with Gasteiger partial charge in [0.05, 0.1) is 3.79 Å². The fourth-order valence-corrected chi connectivity index (χ4v) is 5.91. The van der Waals surface area contributed by atoms with Crippen molar-refractivity contribution < 1.29 is 13.2 Å². The number of halogens is 1. The molecule has 6 nitrogen and oxygen atoms in total. The molecule has 1 saturated heterocycles. The van der Waals surface area contributed by atoms with Crippen LogP contribution >= 0.6 is 27.3 Å². The summed E-state index contributed by atoms with van der Waals surface area (Å²) in [6, 6.07) is 5.09. The minimum Gasteiger partial charge on any atom is -0.474 e. The normalized spacial score (nSPS) is 17.5. The molecule has 1 aliphatic heterocycles. The van der Waals surface area contributed by atoms with Gasteiger partial charge in [0, 0.05) is 25.4 Å². The van der Waals surface area contributed by atoms with Gasteiger partial charge in [-0.1, -0.05) is 0 Å². The van der Waals surface area contributed by atoms with Gasteiger partial charge in [0.25, 0.3) is 10.0 Å². The molecule has 0 amide bonds. The molecule has 0 N–H and O–H groups in total. The lowest BCUT2D eigenvalue weighted by atomic mass is 10.1. The van der Waals surface area contributed by atoms with E-state index in [1.807, 2.05) is 0 Å². The zero-order valence-electron chi connectivity index (χ0n) is 11.6. The molecule has 0 unspecified atom stereocenters. The molecule has 22 heavy (non-hydrogen) atoms. The molecule has 3 heterocycles. The molecule has 3 rings (SSSR count). The molecule has 0 aromatic carbocycles. The van der Waals surface area contributed by atoms with Gasteiger partial charge in [0.2, 0.25) is 5.88 Å². The molecule has 0 aliphatic carbocycles. The summed E-state index contributed by atoms with van der Waals surface area (Å²) in [7, 11) is -3.40. The summed E-state index contributed by atoms with van der Waals surface area (Å²) in [5, 5.41) is 0. The summed E-state index contributed by atoms with van der Waals surface area (Å²) in [6.45, 7) is 0.904. The highest BCUT2D eigenvalue weighted by Gasteiger charge is 2.31. The zero-order valence-corrected chi connectivity index (χ0v) is 14.8. The van der Waals surface area contributed by atoms with Crippen LogP contribution < -0.4 is 4.74 Å². The van der Waals surface area contributed by atoms with Gasteiger partial charge in [-0.05, 0) is 40.9 Å². The van der Waals surface area contributed by atoms with Gasteiger partial charge in [0.15, 0.2) is 0 Å². The number of thiophene rings is 1. The highest BCUT2D eigenvalue weighted by Crippen LogP contribution is 2.30. The molecule has 1 fully saturated rings. The van der Waals surface area contributed by atoms with Crippen molar-refractivity contribution in [2.24, 2.45) is 0 Å². The average Bonchev–Trinajstić information content (AvgIpc) is 2.96. The monoisotopic (exact) mass is 403 g/mol. The fourth-order valence-electron chi connectivity index (χ4n) is 2.27. The maximum Gasteiger partial charge on any atom is 0.252 e. The Labute approximate surface area is 141 Å². The van der Waals surface area contributed by atoms with Crippen molar-refractivity contribution in [1.82, 2.24) is 14.3 Å². The second kappa shape index (κ2) is 6.61. The molecule has 0 bridgehead atoms. The van der Waals surface area contributed by atoms with Crippen LogP contribution in [0, 0.1) is 0 Å². The lowest BCUT2D eigenvalue weighted by Gasteiger charge is -2.30. The predicted molar refractivity (Wildman–Crippen MR) is 86.5 cm³/mol. The van der Waals surface area contributed by atoms with Crippen molar-refractivity contribution >= 4 is 37.3 Å². The Balaban J connectivity index is 1.62. The number of hydrogen-bond donors (Lipinski definition) is 0. The molecule has 2 aromatic heterocycles. The highest BCUT2D eigenvalue weighted by molar-refractivity contribution is 9.11. The second-order valence-corrected chi connectivity index (χ2v) is 9.46. The first-order valence-corrected chi connectivity index (χ1v) is 9.79. The van der Waals surface area contributed by atoms with Crippen LogP contribution in [0.5, 0.6) is 5.88 Å². The molecule has 9 heteroatoms. The van der Waals surface area contributed by atoms with E-state index in [9.17, 15) is 8.42 Å². The Morgan fingerprint density at radius 2 is 2.05 bits per heavy atom. The average molecular weight is 404 g/mol. The molecule has 0 spiro atoms. The molecular formula is C13H14BrN3O3S2. The summed E-state index contributed by atoms with van der Waals surface area (Å²) >= 11 is 4.53. The molecular weight excluding hydrogens is 390 g/mol. The first-order chi connectivity index (χ1) is 10.6. The van der Waals surface area contributed by atoms with Crippen LogP contribution in [-0.4, -0.2) is 41.9 Å². The number of aromatic nitrogens is 2. The summed E-state index contributed by atoms with van der Waals surface area (Å²) in [6.07, 6.45) is 4.34. The number of piperidine rings is 1. The molecule has 0 radical (unpaired) electrons. The van der Waals surface area contributed by atoms with Gasteiger partial charge in [-0.25, -0.2) is 18.4 Å². The van der Waals surface area contributed by atoms with Gasteiger partial charge >= 0.3 is 0 Å². The van der Waals surface area contributed by atoms with Crippen molar-refractivity contribution in [3.8, 4) is 5.88 Å². The predicted octanol–water partition coefficient (Wildman–Crippen LogP) is 2.53. The largest absolute Gasteiger partial charge is 0.474 e.